The molecule has 0 radical (unpaired) electrons. The quantitative estimate of drug-likeness (QED) is 0.406. The zero-order chi connectivity index (χ0) is 18.9. The molecule has 2 rings (SSSR count). The van der Waals surface area contributed by atoms with Crippen molar-refractivity contribution in [2.24, 2.45) is 17.8 Å². The first-order valence-corrected chi connectivity index (χ1v) is 10.1. The van der Waals surface area contributed by atoms with E-state index in [1.165, 1.54) is 0 Å². The highest BCUT2D eigenvalue weighted by Gasteiger charge is 2.44. The second kappa shape index (κ2) is 10.7. The van der Waals surface area contributed by atoms with Gasteiger partial charge < -0.3 is 20.1 Å². The second-order valence-corrected chi connectivity index (χ2v) is 7.72. The average molecular weight is 366 g/mol. The van der Waals surface area contributed by atoms with Gasteiger partial charge >= 0.3 is 5.97 Å². The van der Waals surface area contributed by atoms with Gasteiger partial charge in [0.2, 0.25) is 0 Å². The third-order valence-electron chi connectivity index (χ3n) is 5.63. The molecule has 26 heavy (non-hydrogen) atoms. The van der Waals surface area contributed by atoms with Crippen LogP contribution in [0.2, 0.25) is 0 Å². The lowest BCUT2D eigenvalue weighted by Crippen LogP contribution is -2.26. The first kappa shape index (κ1) is 21.0. The van der Waals surface area contributed by atoms with Crippen LogP contribution in [0.25, 0.3) is 0 Å². The van der Waals surface area contributed by atoms with Crippen LogP contribution in [0.3, 0.4) is 0 Å². The molecule has 0 amide bonds. The summed E-state index contributed by atoms with van der Waals surface area (Å²) in [7, 11) is 0. The molecule has 5 atom stereocenters. The zero-order valence-electron chi connectivity index (χ0n) is 15.8. The van der Waals surface area contributed by atoms with Crippen molar-refractivity contribution >= 4 is 5.97 Å². The fraction of sp³-hybridized carbons (Fsp3) is 0.762. The maximum Gasteiger partial charge on any atom is 0.303 e. The van der Waals surface area contributed by atoms with E-state index in [0.29, 0.717) is 31.3 Å². The van der Waals surface area contributed by atoms with Crippen LogP contribution in [0.1, 0.15) is 64.7 Å². The summed E-state index contributed by atoms with van der Waals surface area (Å²) in [5.74, 6) is 0.908. The molecule has 1 aliphatic carbocycles. The van der Waals surface area contributed by atoms with Crippen LogP contribution >= 0.6 is 0 Å². The highest BCUT2D eigenvalue weighted by Crippen LogP contribution is 2.45. The predicted molar refractivity (Wildman–Crippen MR) is 101 cm³/mol. The average Bonchev–Trinajstić information content (AvgIpc) is 2.91. The number of hydrogen-bond acceptors (Lipinski definition) is 4. The topological polar surface area (TPSA) is 87.0 Å². The van der Waals surface area contributed by atoms with Crippen LogP contribution < -0.4 is 0 Å². The number of carboxylic acids is 1. The lowest BCUT2D eigenvalue weighted by Gasteiger charge is -2.30. The molecule has 148 valence electrons. The van der Waals surface area contributed by atoms with E-state index in [9.17, 15) is 15.0 Å². The standard InChI is InChI=1S/C21H34O5/c1-2-3-4-7-16(22)10-11-18-19-13-17(8-5-6-9-21(24)25)26-14-15(19)12-20(18)23/h8,10-11,15-16,18-20,22-23H,2-7,9,12-14H2,1H3,(H,24,25)/b11-10+,17-8-. The minimum atomic E-state index is -0.769. The number of aliphatic carboxylic acids is 1. The Balaban J connectivity index is 1.87. The van der Waals surface area contributed by atoms with Crippen molar-refractivity contribution in [1.29, 1.82) is 0 Å². The summed E-state index contributed by atoms with van der Waals surface area (Å²) in [6.45, 7) is 2.77. The number of aliphatic hydroxyl groups is 2. The molecule has 1 saturated carbocycles. The van der Waals surface area contributed by atoms with Gasteiger partial charge in [-0.3, -0.25) is 4.79 Å². The highest BCUT2D eigenvalue weighted by atomic mass is 16.5. The van der Waals surface area contributed by atoms with E-state index in [1.54, 1.807) is 0 Å². The molecule has 0 bridgehead atoms. The molecule has 5 heteroatoms. The first-order valence-electron chi connectivity index (χ1n) is 10.1. The normalized spacial score (nSPS) is 31.1. The number of fused-ring (bicyclic) bond motifs is 1. The van der Waals surface area contributed by atoms with E-state index in [1.807, 2.05) is 18.2 Å². The van der Waals surface area contributed by atoms with Gasteiger partial charge in [-0.1, -0.05) is 38.3 Å². The number of unbranched alkanes of at least 4 members (excludes halogenated alkanes) is 3. The Morgan fingerprint density at radius 1 is 1.35 bits per heavy atom. The van der Waals surface area contributed by atoms with E-state index in [4.69, 9.17) is 9.84 Å². The molecule has 0 aromatic rings. The van der Waals surface area contributed by atoms with Gasteiger partial charge in [-0.25, -0.2) is 0 Å². The van der Waals surface area contributed by atoms with E-state index >= 15 is 0 Å². The number of rotatable bonds is 10. The van der Waals surface area contributed by atoms with Gasteiger partial charge in [-0.2, -0.15) is 0 Å². The summed E-state index contributed by atoms with van der Waals surface area (Å²) in [6, 6.07) is 0. The molecule has 3 N–H and O–H groups in total. The number of carbonyl (C=O) groups is 1. The van der Waals surface area contributed by atoms with Crippen LogP contribution in [0.4, 0.5) is 0 Å². The van der Waals surface area contributed by atoms with Crippen LogP contribution in [0.5, 0.6) is 0 Å². The monoisotopic (exact) mass is 366 g/mol. The molecule has 0 spiro atoms. The smallest absolute Gasteiger partial charge is 0.303 e. The Kier molecular flexibility index (Phi) is 8.66. The third-order valence-corrected chi connectivity index (χ3v) is 5.63. The molecule has 1 saturated heterocycles. The second-order valence-electron chi connectivity index (χ2n) is 7.72. The molecule has 0 aromatic heterocycles. The number of ether oxygens (including phenoxy) is 1. The summed E-state index contributed by atoms with van der Waals surface area (Å²) in [5.41, 5.74) is 0. The van der Waals surface area contributed by atoms with Gasteiger partial charge in [-0.15, -0.1) is 0 Å². The van der Waals surface area contributed by atoms with Crippen LogP contribution in [0, 0.1) is 17.8 Å². The summed E-state index contributed by atoms with van der Waals surface area (Å²) >= 11 is 0. The minimum Gasteiger partial charge on any atom is -0.498 e. The van der Waals surface area contributed by atoms with Crippen molar-refractivity contribution in [3.8, 4) is 0 Å². The molecule has 1 aliphatic heterocycles. The van der Waals surface area contributed by atoms with Gasteiger partial charge in [0, 0.05) is 18.8 Å². The van der Waals surface area contributed by atoms with Crippen molar-refractivity contribution in [1.82, 2.24) is 0 Å². The number of allylic oxidation sites excluding steroid dienone is 2. The number of aliphatic hydroxyl groups excluding tert-OH is 2. The van der Waals surface area contributed by atoms with Gasteiger partial charge in [0.15, 0.2) is 0 Å². The Labute approximate surface area is 156 Å². The highest BCUT2D eigenvalue weighted by molar-refractivity contribution is 5.66. The Morgan fingerprint density at radius 3 is 2.88 bits per heavy atom. The van der Waals surface area contributed by atoms with Crippen molar-refractivity contribution in [3.63, 3.8) is 0 Å². The molecule has 2 aliphatic rings. The lowest BCUT2D eigenvalue weighted by molar-refractivity contribution is -0.137. The van der Waals surface area contributed by atoms with Crippen LogP contribution in [-0.2, 0) is 9.53 Å². The molecule has 0 aromatic carbocycles. The zero-order valence-corrected chi connectivity index (χ0v) is 15.8. The summed E-state index contributed by atoms with van der Waals surface area (Å²) in [5, 5.41) is 29.2. The lowest BCUT2D eigenvalue weighted by atomic mass is 9.83. The van der Waals surface area contributed by atoms with Crippen molar-refractivity contribution in [3.05, 3.63) is 24.0 Å². The van der Waals surface area contributed by atoms with Crippen molar-refractivity contribution in [2.45, 2.75) is 76.9 Å². The van der Waals surface area contributed by atoms with Gasteiger partial charge in [0.05, 0.1) is 24.6 Å². The Bertz CT molecular complexity index is 499. The molecule has 2 fully saturated rings. The van der Waals surface area contributed by atoms with E-state index in [2.05, 4.69) is 6.92 Å². The predicted octanol–water partition coefficient (Wildman–Crippen LogP) is 3.66. The maximum atomic E-state index is 10.6. The summed E-state index contributed by atoms with van der Waals surface area (Å²) < 4.78 is 5.82. The van der Waals surface area contributed by atoms with Gasteiger partial charge in [-0.05, 0) is 43.6 Å². The van der Waals surface area contributed by atoms with Crippen LogP contribution in [0.15, 0.2) is 24.0 Å². The fourth-order valence-electron chi connectivity index (χ4n) is 4.13. The SMILES string of the molecule is CCCCCC(O)/C=C/C1C(O)CC2CO/C(=C\CCCC(=O)O)CC21. The van der Waals surface area contributed by atoms with E-state index in [-0.39, 0.29) is 18.4 Å². The third kappa shape index (κ3) is 6.44. The number of carboxylic acid groups (broad SMARTS) is 1. The molecular weight excluding hydrogens is 332 g/mol. The van der Waals surface area contributed by atoms with Gasteiger partial charge in [0.1, 0.15) is 0 Å². The summed E-state index contributed by atoms with van der Waals surface area (Å²) in [6.07, 6.45) is 12.2. The first-order chi connectivity index (χ1) is 12.5. The Morgan fingerprint density at radius 2 is 2.15 bits per heavy atom. The molecule has 5 nitrogen and oxygen atoms in total. The van der Waals surface area contributed by atoms with E-state index < -0.39 is 12.1 Å². The van der Waals surface area contributed by atoms with E-state index in [0.717, 1.165) is 44.3 Å². The molecule has 5 unspecified atom stereocenters. The van der Waals surface area contributed by atoms with Gasteiger partial charge in [0.25, 0.3) is 0 Å². The van der Waals surface area contributed by atoms with Crippen molar-refractivity contribution < 1.29 is 24.9 Å². The van der Waals surface area contributed by atoms with Crippen LogP contribution in [-0.4, -0.2) is 40.1 Å². The fourth-order valence-corrected chi connectivity index (χ4v) is 4.13. The maximum absolute atomic E-state index is 10.6. The minimum absolute atomic E-state index is 0.0622. The number of hydrogen-bond donors (Lipinski definition) is 3. The summed E-state index contributed by atoms with van der Waals surface area (Å²) in [4.78, 5) is 10.6. The largest absolute Gasteiger partial charge is 0.498 e. The Hall–Kier alpha value is -1.33. The van der Waals surface area contributed by atoms with Crippen molar-refractivity contribution in [2.75, 3.05) is 6.61 Å². The molecular formula is C21H34O5. The molecule has 1 heterocycles.